The van der Waals surface area contributed by atoms with Crippen molar-refractivity contribution in [2.24, 2.45) is 5.92 Å². The Morgan fingerprint density at radius 1 is 1.12 bits per heavy atom. The number of hydrogen-bond acceptors (Lipinski definition) is 5. The molecule has 0 spiro atoms. The smallest absolute Gasteiger partial charge is 0.262 e. The molecule has 4 saturated carbocycles. The summed E-state index contributed by atoms with van der Waals surface area (Å²) in [6, 6.07) is 15.1. The lowest BCUT2D eigenvalue weighted by Crippen LogP contribution is -2.77. The number of thiophene rings is 1. The van der Waals surface area contributed by atoms with Crippen LogP contribution in [0.25, 0.3) is 0 Å². The summed E-state index contributed by atoms with van der Waals surface area (Å²) in [4.78, 5) is 32.8. The van der Waals surface area contributed by atoms with E-state index in [1.165, 1.54) is 11.3 Å². The van der Waals surface area contributed by atoms with Crippen molar-refractivity contribution in [3.05, 3.63) is 80.8 Å². The minimum absolute atomic E-state index is 0.113. The number of alkyl halides is 1. The molecule has 0 saturated heterocycles. The Labute approximate surface area is 249 Å². The number of aromatic nitrogens is 1. The minimum Gasteiger partial charge on any atom is -0.376 e. The number of pyridine rings is 1. The van der Waals surface area contributed by atoms with Gasteiger partial charge < -0.3 is 16.0 Å². The van der Waals surface area contributed by atoms with Crippen LogP contribution in [-0.4, -0.2) is 34.0 Å². The molecular weight excluding hydrogens is 559 g/mol. The summed E-state index contributed by atoms with van der Waals surface area (Å²) >= 11 is 7.67. The van der Waals surface area contributed by atoms with E-state index in [2.05, 4.69) is 33.1 Å². The zero-order chi connectivity index (χ0) is 28.6. The van der Waals surface area contributed by atoms with Gasteiger partial charge >= 0.3 is 0 Å². The molecule has 2 aromatic heterocycles. The molecule has 0 radical (unpaired) electrons. The molecule has 7 rings (SSSR count). The zero-order valence-corrected chi connectivity index (χ0v) is 24.8. The molecule has 4 aliphatic carbocycles. The fraction of sp³-hybridized carbons (Fsp3) is 0.469. The Morgan fingerprint density at radius 2 is 1.85 bits per heavy atom. The molecule has 6 nitrogen and oxygen atoms in total. The SMILES string of the molecule is Cc1ncc(Cl)cc1NC(Cc1ccccc1)c1ccc(C(=O)N[C@@H](CC2CCCC2)C(=O)NC23CC(F)(C2)C3)s1. The minimum atomic E-state index is -1.09. The molecule has 2 atom stereocenters. The second-order valence-corrected chi connectivity index (χ2v) is 13.8. The lowest BCUT2D eigenvalue weighted by atomic mass is 9.47. The molecule has 2 heterocycles. The van der Waals surface area contributed by atoms with E-state index in [4.69, 9.17) is 11.6 Å². The van der Waals surface area contributed by atoms with Crippen LogP contribution >= 0.6 is 22.9 Å². The lowest BCUT2D eigenvalue weighted by molar-refractivity contribution is -0.176. The van der Waals surface area contributed by atoms with Crippen LogP contribution in [0.3, 0.4) is 0 Å². The van der Waals surface area contributed by atoms with Crippen LogP contribution in [-0.2, 0) is 11.2 Å². The maximum absolute atomic E-state index is 14.1. The van der Waals surface area contributed by atoms with Gasteiger partial charge in [-0.1, -0.05) is 67.6 Å². The largest absolute Gasteiger partial charge is 0.376 e. The highest BCUT2D eigenvalue weighted by molar-refractivity contribution is 7.14. The fourth-order valence-electron chi connectivity index (χ4n) is 6.76. The van der Waals surface area contributed by atoms with Gasteiger partial charge in [-0.3, -0.25) is 14.6 Å². The Balaban J connectivity index is 1.18. The van der Waals surface area contributed by atoms with Gasteiger partial charge in [-0.25, -0.2) is 4.39 Å². The highest BCUT2D eigenvalue weighted by Crippen LogP contribution is 2.62. The van der Waals surface area contributed by atoms with Gasteiger partial charge in [0.25, 0.3) is 5.91 Å². The highest BCUT2D eigenvalue weighted by Gasteiger charge is 2.70. The summed E-state index contributed by atoms with van der Waals surface area (Å²) in [5.74, 6) is -0.0196. The van der Waals surface area contributed by atoms with Crippen LogP contribution in [0.15, 0.2) is 54.7 Å². The number of nitrogens with zero attached hydrogens (tertiary/aromatic N) is 1. The Morgan fingerprint density at radius 3 is 2.56 bits per heavy atom. The van der Waals surface area contributed by atoms with Gasteiger partial charge in [0.2, 0.25) is 5.91 Å². The van der Waals surface area contributed by atoms with Gasteiger partial charge in [0.1, 0.15) is 11.7 Å². The third-order valence-corrected chi connectivity index (χ3v) is 10.3. The van der Waals surface area contributed by atoms with Crippen LogP contribution < -0.4 is 16.0 Å². The molecule has 4 fully saturated rings. The first-order valence-corrected chi connectivity index (χ1v) is 15.7. The number of nitrogens with one attached hydrogen (secondary N) is 3. The highest BCUT2D eigenvalue weighted by atomic mass is 35.5. The normalized spacial score (nSPS) is 24.6. The number of aryl methyl sites for hydroxylation is 1. The number of carbonyl (C=O) groups is 2. The van der Waals surface area contributed by atoms with Crippen molar-refractivity contribution in [3.8, 4) is 0 Å². The molecule has 3 aromatic rings. The molecule has 9 heteroatoms. The first-order chi connectivity index (χ1) is 19.7. The predicted molar refractivity (Wildman–Crippen MR) is 161 cm³/mol. The number of anilines is 1. The maximum Gasteiger partial charge on any atom is 0.262 e. The van der Waals surface area contributed by atoms with Crippen molar-refractivity contribution in [1.82, 2.24) is 15.6 Å². The van der Waals surface area contributed by atoms with Crippen LogP contribution in [0.2, 0.25) is 5.02 Å². The van der Waals surface area contributed by atoms with Crippen molar-refractivity contribution < 1.29 is 14.0 Å². The van der Waals surface area contributed by atoms with Gasteiger partial charge in [0.15, 0.2) is 0 Å². The second kappa shape index (κ2) is 11.4. The van der Waals surface area contributed by atoms with Gasteiger partial charge in [-0.15, -0.1) is 11.3 Å². The van der Waals surface area contributed by atoms with Crippen molar-refractivity contribution in [1.29, 1.82) is 0 Å². The number of amides is 2. The van der Waals surface area contributed by atoms with E-state index in [0.717, 1.165) is 47.5 Å². The lowest BCUT2D eigenvalue weighted by Gasteiger charge is -2.65. The summed E-state index contributed by atoms with van der Waals surface area (Å²) in [6.45, 7) is 1.93. The first-order valence-electron chi connectivity index (χ1n) is 14.5. The third kappa shape index (κ3) is 6.28. The molecular formula is C32H36ClFN4O2S. The van der Waals surface area contributed by atoms with E-state index in [0.29, 0.717) is 47.9 Å². The van der Waals surface area contributed by atoms with Crippen molar-refractivity contribution >= 4 is 40.4 Å². The summed E-state index contributed by atoms with van der Waals surface area (Å²) in [7, 11) is 0. The van der Waals surface area contributed by atoms with E-state index < -0.39 is 17.2 Å². The van der Waals surface area contributed by atoms with E-state index in [1.807, 2.05) is 43.3 Å². The number of halogens is 2. The fourth-order valence-corrected chi connectivity index (χ4v) is 7.88. The number of benzene rings is 1. The predicted octanol–water partition coefficient (Wildman–Crippen LogP) is 6.94. The van der Waals surface area contributed by atoms with E-state index in [1.54, 1.807) is 6.20 Å². The van der Waals surface area contributed by atoms with Gasteiger partial charge in [0, 0.05) is 35.9 Å². The van der Waals surface area contributed by atoms with Crippen LogP contribution in [0.4, 0.5) is 10.1 Å². The number of hydrogen-bond donors (Lipinski definition) is 3. The van der Waals surface area contributed by atoms with E-state index in [9.17, 15) is 14.0 Å². The van der Waals surface area contributed by atoms with E-state index in [-0.39, 0.29) is 17.9 Å². The van der Waals surface area contributed by atoms with Crippen LogP contribution in [0.5, 0.6) is 0 Å². The topological polar surface area (TPSA) is 83.1 Å². The van der Waals surface area contributed by atoms with Crippen molar-refractivity contribution in [2.75, 3.05) is 5.32 Å². The first kappa shape index (κ1) is 28.2. The molecule has 216 valence electrons. The molecule has 41 heavy (non-hydrogen) atoms. The van der Waals surface area contributed by atoms with Crippen molar-refractivity contribution in [3.63, 3.8) is 0 Å². The molecule has 1 unspecified atom stereocenters. The van der Waals surface area contributed by atoms with Crippen molar-refractivity contribution in [2.45, 2.75) is 88.0 Å². The second-order valence-electron chi connectivity index (χ2n) is 12.2. The average molecular weight is 595 g/mol. The molecule has 4 aliphatic rings. The molecule has 2 bridgehead atoms. The molecule has 0 aliphatic heterocycles. The summed E-state index contributed by atoms with van der Waals surface area (Å²) in [5.41, 5.74) is 1.34. The Kier molecular flexibility index (Phi) is 7.81. The summed E-state index contributed by atoms with van der Waals surface area (Å²) in [5, 5.41) is 10.3. The summed E-state index contributed by atoms with van der Waals surface area (Å²) in [6.07, 6.45) is 8.59. The van der Waals surface area contributed by atoms with E-state index >= 15 is 0 Å². The van der Waals surface area contributed by atoms with Crippen LogP contribution in [0.1, 0.15) is 83.2 Å². The molecule has 3 N–H and O–H groups in total. The van der Waals surface area contributed by atoms with Gasteiger partial charge in [-0.05, 0) is 49.4 Å². The zero-order valence-electron chi connectivity index (χ0n) is 23.2. The quantitative estimate of drug-likeness (QED) is 0.225. The Bertz CT molecular complexity index is 1400. The molecule has 2 amide bonds. The monoisotopic (exact) mass is 594 g/mol. The number of rotatable bonds is 11. The Hall–Kier alpha value is -2.97. The molecule has 1 aromatic carbocycles. The number of carbonyl (C=O) groups excluding carboxylic acids is 2. The maximum atomic E-state index is 14.1. The van der Waals surface area contributed by atoms with Gasteiger partial charge in [0.05, 0.1) is 27.3 Å². The standard InChI is InChI=1S/C32H36ClFN4O2S/c1-20-24(15-23(33)16-35-20)36-25(13-21-7-3-2-4-8-21)27-11-12-28(41-27)30(40)37-26(14-22-9-5-6-10-22)29(39)38-32-17-31(34,18-32)19-32/h2-4,7-8,11-12,15-16,22,25-26,36H,5-6,9-10,13-14,17-19H2,1H3,(H,37,40)(H,38,39)/t25?,26-,31?,32?/m0/s1. The van der Waals surface area contributed by atoms with Crippen LogP contribution in [0, 0.1) is 12.8 Å². The average Bonchev–Trinajstić information content (AvgIpc) is 3.62. The third-order valence-electron chi connectivity index (χ3n) is 8.88. The van der Waals surface area contributed by atoms with Gasteiger partial charge in [-0.2, -0.15) is 0 Å². The summed E-state index contributed by atoms with van der Waals surface area (Å²) < 4.78 is 14.1.